The van der Waals surface area contributed by atoms with Crippen LogP contribution in [0.4, 0.5) is 10.5 Å². The molecule has 0 bridgehead atoms. The van der Waals surface area contributed by atoms with Gasteiger partial charge in [-0.1, -0.05) is 58.4 Å². The van der Waals surface area contributed by atoms with Gasteiger partial charge in [-0.3, -0.25) is 14.9 Å². The van der Waals surface area contributed by atoms with E-state index >= 15 is 0 Å². The minimum absolute atomic E-state index is 0.167. The van der Waals surface area contributed by atoms with Gasteiger partial charge in [0.1, 0.15) is 12.2 Å². The van der Waals surface area contributed by atoms with Gasteiger partial charge in [0.2, 0.25) is 0 Å². The lowest BCUT2D eigenvalue weighted by Crippen LogP contribution is -2.54. The Kier molecular flexibility index (Phi) is 7.08. The number of carbonyl (C=O) groups excluding carboxylic acids is 3. The van der Waals surface area contributed by atoms with E-state index in [0.29, 0.717) is 40.4 Å². The topological polar surface area (TPSA) is 84.9 Å². The summed E-state index contributed by atoms with van der Waals surface area (Å²) in [5.74, 6) is -0.451. The molecule has 1 saturated heterocycles. The van der Waals surface area contributed by atoms with Crippen molar-refractivity contribution < 1.29 is 23.9 Å². The van der Waals surface area contributed by atoms with E-state index in [-0.39, 0.29) is 5.57 Å². The molecular formula is C26H21BrN2O5. The van der Waals surface area contributed by atoms with Crippen LogP contribution >= 0.6 is 15.9 Å². The average Bonchev–Trinajstić information content (AvgIpc) is 2.82. The van der Waals surface area contributed by atoms with E-state index in [1.54, 1.807) is 42.5 Å². The van der Waals surface area contributed by atoms with Crippen molar-refractivity contribution in [2.75, 3.05) is 11.5 Å². The van der Waals surface area contributed by atoms with Crippen LogP contribution in [0.15, 0.2) is 82.8 Å². The van der Waals surface area contributed by atoms with Crippen molar-refractivity contribution in [3.63, 3.8) is 0 Å². The van der Waals surface area contributed by atoms with Gasteiger partial charge < -0.3 is 9.47 Å². The van der Waals surface area contributed by atoms with Crippen molar-refractivity contribution in [2.24, 2.45) is 0 Å². The molecule has 0 aliphatic carbocycles. The number of halogens is 1. The molecular weight excluding hydrogens is 500 g/mol. The molecule has 0 unspecified atom stereocenters. The fourth-order valence-electron chi connectivity index (χ4n) is 3.41. The van der Waals surface area contributed by atoms with Crippen molar-refractivity contribution in [1.29, 1.82) is 0 Å². The molecule has 1 N–H and O–H groups in total. The van der Waals surface area contributed by atoms with E-state index in [1.807, 2.05) is 37.3 Å². The van der Waals surface area contributed by atoms with E-state index in [0.717, 1.165) is 10.5 Å². The molecule has 0 atom stereocenters. The lowest BCUT2D eigenvalue weighted by Gasteiger charge is -2.26. The van der Waals surface area contributed by atoms with Crippen molar-refractivity contribution in [2.45, 2.75) is 13.5 Å². The zero-order chi connectivity index (χ0) is 24.1. The second kappa shape index (κ2) is 10.4. The van der Waals surface area contributed by atoms with Crippen LogP contribution in [0.25, 0.3) is 6.08 Å². The number of hydrogen-bond acceptors (Lipinski definition) is 5. The van der Waals surface area contributed by atoms with Crippen LogP contribution in [0.1, 0.15) is 18.1 Å². The first-order valence-electron chi connectivity index (χ1n) is 10.6. The number of hydrogen-bond donors (Lipinski definition) is 1. The summed E-state index contributed by atoms with van der Waals surface area (Å²) in [5, 5.41) is 2.23. The maximum Gasteiger partial charge on any atom is 0.335 e. The van der Waals surface area contributed by atoms with Gasteiger partial charge in [-0.05, 0) is 54.5 Å². The Morgan fingerprint density at radius 3 is 2.44 bits per heavy atom. The first-order chi connectivity index (χ1) is 16.5. The molecule has 172 valence electrons. The third-order valence-corrected chi connectivity index (χ3v) is 5.48. The van der Waals surface area contributed by atoms with Crippen LogP contribution < -0.4 is 19.7 Å². The number of amides is 4. The average molecular weight is 521 g/mol. The minimum Gasteiger partial charge on any atom is -0.490 e. The van der Waals surface area contributed by atoms with E-state index < -0.39 is 17.8 Å². The molecule has 1 fully saturated rings. The monoisotopic (exact) mass is 520 g/mol. The van der Waals surface area contributed by atoms with Gasteiger partial charge in [0.25, 0.3) is 11.8 Å². The normalized spacial score (nSPS) is 14.8. The molecule has 1 aliphatic rings. The van der Waals surface area contributed by atoms with Gasteiger partial charge in [-0.15, -0.1) is 0 Å². The third-order valence-electron chi connectivity index (χ3n) is 4.98. The van der Waals surface area contributed by atoms with Gasteiger partial charge in [0.15, 0.2) is 11.5 Å². The Morgan fingerprint density at radius 2 is 1.71 bits per heavy atom. The molecule has 34 heavy (non-hydrogen) atoms. The van der Waals surface area contributed by atoms with Crippen molar-refractivity contribution >= 4 is 45.5 Å². The summed E-state index contributed by atoms with van der Waals surface area (Å²) in [4.78, 5) is 38.9. The van der Waals surface area contributed by atoms with Crippen LogP contribution in [0.2, 0.25) is 0 Å². The summed E-state index contributed by atoms with van der Waals surface area (Å²) in [7, 11) is 0. The zero-order valence-corrected chi connectivity index (χ0v) is 19.9. The highest BCUT2D eigenvalue weighted by Crippen LogP contribution is 2.31. The predicted octanol–water partition coefficient (Wildman–Crippen LogP) is 5.09. The Labute approximate surface area is 205 Å². The molecule has 7 nitrogen and oxygen atoms in total. The molecule has 0 radical (unpaired) electrons. The Morgan fingerprint density at radius 1 is 0.912 bits per heavy atom. The summed E-state index contributed by atoms with van der Waals surface area (Å²) in [5.41, 5.74) is 1.74. The molecule has 1 heterocycles. The SMILES string of the molecule is CCOc1cc(/C=C2\C(=O)NC(=O)N(c3cccc(Br)c3)C2=O)ccc1OCc1ccccc1. The van der Waals surface area contributed by atoms with Crippen LogP contribution in [0.3, 0.4) is 0 Å². The largest absolute Gasteiger partial charge is 0.490 e. The Bertz CT molecular complexity index is 1270. The smallest absolute Gasteiger partial charge is 0.335 e. The molecule has 3 aromatic rings. The molecule has 4 rings (SSSR count). The van der Waals surface area contributed by atoms with Crippen molar-refractivity contribution in [3.05, 3.63) is 94.0 Å². The predicted molar refractivity (Wildman–Crippen MR) is 132 cm³/mol. The van der Waals surface area contributed by atoms with E-state index in [4.69, 9.17) is 9.47 Å². The summed E-state index contributed by atoms with van der Waals surface area (Å²) in [6, 6.07) is 20.8. The zero-order valence-electron chi connectivity index (χ0n) is 18.3. The number of ether oxygens (including phenoxy) is 2. The van der Waals surface area contributed by atoms with Crippen molar-refractivity contribution in [3.8, 4) is 11.5 Å². The maximum atomic E-state index is 13.1. The summed E-state index contributed by atoms with van der Waals surface area (Å²) < 4.78 is 12.3. The van der Waals surface area contributed by atoms with Gasteiger partial charge in [0, 0.05) is 4.47 Å². The lowest BCUT2D eigenvalue weighted by atomic mass is 10.1. The summed E-state index contributed by atoms with van der Waals surface area (Å²) in [6.07, 6.45) is 1.43. The van der Waals surface area contributed by atoms with E-state index in [1.165, 1.54) is 6.08 Å². The highest BCUT2D eigenvalue weighted by Gasteiger charge is 2.36. The molecule has 0 spiro atoms. The number of carbonyl (C=O) groups is 3. The third kappa shape index (κ3) is 5.18. The second-order valence-corrected chi connectivity index (χ2v) is 8.27. The lowest BCUT2D eigenvalue weighted by molar-refractivity contribution is -0.122. The number of rotatable bonds is 7. The number of urea groups is 1. The standard InChI is InChI=1S/C26H21BrN2O5/c1-2-33-23-14-18(11-12-22(23)34-16-17-7-4-3-5-8-17)13-21-24(30)28-26(32)29(25(21)31)20-10-6-9-19(27)15-20/h3-15H,2,16H2,1H3,(H,28,30,32)/b21-13+. The Hall–Kier alpha value is -3.91. The van der Waals surface area contributed by atoms with Crippen LogP contribution in [0, 0.1) is 0 Å². The van der Waals surface area contributed by atoms with E-state index in [2.05, 4.69) is 21.2 Å². The maximum absolute atomic E-state index is 13.1. The van der Waals surface area contributed by atoms with Gasteiger partial charge in [-0.2, -0.15) is 0 Å². The van der Waals surface area contributed by atoms with Gasteiger partial charge in [0.05, 0.1) is 12.3 Å². The fraction of sp³-hybridized carbons (Fsp3) is 0.115. The first-order valence-corrected chi connectivity index (χ1v) is 11.4. The Balaban J connectivity index is 1.62. The highest BCUT2D eigenvalue weighted by atomic mass is 79.9. The van der Waals surface area contributed by atoms with Gasteiger partial charge >= 0.3 is 6.03 Å². The number of nitrogens with one attached hydrogen (secondary N) is 1. The summed E-state index contributed by atoms with van der Waals surface area (Å²) >= 11 is 3.33. The fourth-order valence-corrected chi connectivity index (χ4v) is 3.80. The van der Waals surface area contributed by atoms with Crippen LogP contribution in [-0.4, -0.2) is 24.5 Å². The van der Waals surface area contributed by atoms with Crippen LogP contribution in [0.5, 0.6) is 11.5 Å². The molecule has 4 amide bonds. The minimum atomic E-state index is -0.801. The van der Waals surface area contributed by atoms with Crippen molar-refractivity contribution in [1.82, 2.24) is 5.32 Å². The number of barbiturate groups is 1. The number of imide groups is 2. The molecule has 3 aromatic carbocycles. The summed E-state index contributed by atoms with van der Waals surface area (Å²) in [6.45, 7) is 2.63. The number of benzene rings is 3. The highest BCUT2D eigenvalue weighted by molar-refractivity contribution is 9.10. The molecule has 0 saturated carbocycles. The molecule has 0 aromatic heterocycles. The first kappa shape index (κ1) is 23.3. The molecule has 1 aliphatic heterocycles. The van der Waals surface area contributed by atoms with Gasteiger partial charge in [-0.25, -0.2) is 9.69 Å². The number of anilines is 1. The molecule has 8 heteroatoms. The number of nitrogens with zero attached hydrogens (tertiary/aromatic N) is 1. The van der Waals surface area contributed by atoms with E-state index in [9.17, 15) is 14.4 Å². The van der Waals surface area contributed by atoms with Crippen LogP contribution in [-0.2, 0) is 16.2 Å². The second-order valence-electron chi connectivity index (χ2n) is 7.35. The quantitative estimate of drug-likeness (QED) is 0.346.